The Hall–Kier alpha value is -0.0300. The van der Waals surface area contributed by atoms with Gasteiger partial charge in [-0.1, -0.05) is 0 Å². The van der Waals surface area contributed by atoms with E-state index in [9.17, 15) is 0 Å². The van der Waals surface area contributed by atoms with Crippen LogP contribution in [0.4, 0.5) is 0 Å². The van der Waals surface area contributed by atoms with Gasteiger partial charge in [0.2, 0.25) is 0 Å². The lowest BCUT2D eigenvalue weighted by Gasteiger charge is -1.72. The van der Waals surface area contributed by atoms with Gasteiger partial charge in [-0.25, -0.2) is 0 Å². The van der Waals surface area contributed by atoms with Gasteiger partial charge in [0.15, 0.2) is 0 Å². The van der Waals surface area contributed by atoms with Gasteiger partial charge in [0, 0.05) is 5.39 Å². The lowest BCUT2D eigenvalue weighted by atomic mass is 10.4. The maximum absolute atomic E-state index is 3.24. The smallest absolute Gasteiger partial charge is 0.100 e. The average molecular weight is 249 g/mol. The second-order valence-electron chi connectivity index (χ2n) is 1.82. The molecule has 2 aromatic heterocycles. The van der Waals surface area contributed by atoms with Crippen molar-refractivity contribution in [2.24, 2.45) is 0 Å². The summed E-state index contributed by atoms with van der Waals surface area (Å²) in [5.74, 6) is 0. The highest BCUT2D eigenvalue weighted by Gasteiger charge is 1.95. The summed E-state index contributed by atoms with van der Waals surface area (Å²) in [4.78, 5) is 4.52. The topological polar surface area (TPSA) is 15.8 Å². The van der Waals surface area contributed by atoms with Gasteiger partial charge in [-0.2, -0.15) is 0 Å². The van der Waals surface area contributed by atoms with Crippen LogP contribution in [0.3, 0.4) is 0 Å². The minimum Gasteiger partial charge on any atom is -0.342 e. The molecule has 0 saturated heterocycles. The van der Waals surface area contributed by atoms with E-state index in [1.807, 2.05) is 0 Å². The second kappa shape index (κ2) is 1.98. The molecule has 2 heterocycles. The highest BCUT2D eigenvalue weighted by molar-refractivity contribution is 14.1. The molecular weight excluding hydrogens is 245 g/mol. The van der Waals surface area contributed by atoms with Crippen molar-refractivity contribution in [2.45, 2.75) is 0 Å². The van der Waals surface area contributed by atoms with Crippen molar-refractivity contribution in [3.05, 3.63) is 21.2 Å². The zero-order valence-electron chi connectivity index (χ0n) is 4.52. The molecule has 0 aliphatic carbocycles. The number of hydrogen-bond acceptors (Lipinski definition) is 1. The van der Waals surface area contributed by atoms with E-state index < -0.39 is 0 Å². The number of thiophene rings is 1. The van der Waals surface area contributed by atoms with Crippen LogP contribution in [0.2, 0.25) is 0 Å². The zero-order chi connectivity index (χ0) is 6.27. The molecule has 0 spiro atoms. The van der Waals surface area contributed by atoms with Gasteiger partial charge < -0.3 is 4.98 Å². The molecule has 9 heavy (non-hydrogen) atoms. The lowest BCUT2D eigenvalue weighted by molar-refractivity contribution is 1.43. The van der Waals surface area contributed by atoms with Crippen LogP contribution in [0, 0.1) is 3.70 Å². The molecule has 0 fully saturated rings. The van der Waals surface area contributed by atoms with Crippen LogP contribution in [0.5, 0.6) is 0 Å². The molecule has 1 N–H and O–H groups in total. The van der Waals surface area contributed by atoms with Gasteiger partial charge in [-0.05, 0) is 40.1 Å². The Morgan fingerprint density at radius 2 is 2.44 bits per heavy atom. The molecular formula is C6H4INS. The summed E-state index contributed by atoms with van der Waals surface area (Å²) in [6.07, 6.45) is 0. The number of aromatic amines is 1. The summed E-state index contributed by atoms with van der Waals surface area (Å²) < 4.78 is 1.22. The van der Waals surface area contributed by atoms with E-state index in [4.69, 9.17) is 0 Å². The van der Waals surface area contributed by atoms with Gasteiger partial charge in [-0.15, -0.1) is 11.3 Å². The third-order valence-corrected chi connectivity index (χ3v) is 2.64. The van der Waals surface area contributed by atoms with E-state index in [0.717, 1.165) is 0 Å². The first-order valence-electron chi connectivity index (χ1n) is 2.58. The molecule has 0 radical (unpaired) electrons. The Morgan fingerprint density at radius 3 is 3.22 bits per heavy atom. The van der Waals surface area contributed by atoms with Crippen molar-refractivity contribution in [3.8, 4) is 0 Å². The number of halogens is 1. The lowest BCUT2D eigenvalue weighted by Crippen LogP contribution is -1.59. The van der Waals surface area contributed by atoms with Crippen molar-refractivity contribution in [1.82, 2.24) is 4.98 Å². The third-order valence-electron chi connectivity index (χ3n) is 1.21. The quantitative estimate of drug-likeness (QED) is 0.691. The largest absolute Gasteiger partial charge is 0.342 e. The monoisotopic (exact) mass is 249 g/mol. The molecule has 0 atom stereocenters. The van der Waals surface area contributed by atoms with E-state index in [2.05, 4.69) is 45.1 Å². The Labute approximate surface area is 70.2 Å². The fraction of sp³-hybridized carbons (Fsp3) is 0. The maximum Gasteiger partial charge on any atom is 0.100 e. The second-order valence-corrected chi connectivity index (χ2v) is 3.90. The number of fused-ring (bicyclic) bond motifs is 1. The van der Waals surface area contributed by atoms with E-state index in [0.29, 0.717) is 0 Å². The molecule has 0 aliphatic rings. The fourth-order valence-corrected chi connectivity index (χ4v) is 2.39. The zero-order valence-corrected chi connectivity index (χ0v) is 7.49. The number of hydrogen-bond donors (Lipinski definition) is 1. The Balaban J connectivity index is 2.92. The number of aromatic nitrogens is 1. The van der Waals surface area contributed by atoms with E-state index in [1.165, 1.54) is 13.9 Å². The third kappa shape index (κ3) is 0.880. The molecule has 0 amide bonds. The average Bonchev–Trinajstić information content (AvgIpc) is 2.22. The number of nitrogens with one attached hydrogen (secondary N) is 1. The predicted octanol–water partition coefficient (Wildman–Crippen LogP) is 2.83. The fourth-order valence-electron chi connectivity index (χ4n) is 0.815. The van der Waals surface area contributed by atoms with Crippen LogP contribution >= 0.6 is 33.9 Å². The van der Waals surface area contributed by atoms with Crippen molar-refractivity contribution >= 4 is 44.1 Å². The molecule has 2 aromatic rings. The molecule has 2 rings (SSSR count). The molecule has 1 nitrogen and oxygen atoms in total. The van der Waals surface area contributed by atoms with Crippen LogP contribution in [0.15, 0.2) is 17.5 Å². The number of H-pyrrole nitrogens is 1. The van der Waals surface area contributed by atoms with Gasteiger partial charge in [0.05, 0.1) is 3.70 Å². The van der Waals surface area contributed by atoms with E-state index in [-0.39, 0.29) is 0 Å². The van der Waals surface area contributed by atoms with Gasteiger partial charge in [0.25, 0.3) is 0 Å². The molecule has 46 valence electrons. The van der Waals surface area contributed by atoms with Crippen molar-refractivity contribution in [2.75, 3.05) is 0 Å². The predicted molar refractivity (Wildman–Crippen MR) is 48.9 cm³/mol. The summed E-state index contributed by atoms with van der Waals surface area (Å²) in [5, 5.41) is 3.42. The molecule has 0 bridgehead atoms. The SMILES string of the molecule is Ic1cc2ccsc2[nH]1. The Morgan fingerprint density at radius 1 is 1.56 bits per heavy atom. The first-order chi connectivity index (χ1) is 4.36. The highest BCUT2D eigenvalue weighted by Crippen LogP contribution is 2.21. The van der Waals surface area contributed by atoms with Crippen LogP contribution in [0.25, 0.3) is 10.2 Å². The number of rotatable bonds is 0. The van der Waals surface area contributed by atoms with Crippen molar-refractivity contribution < 1.29 is 0 Å². The minimum atomic E-state index is 1.22. The highest BCUT2D eigenvalue weighted by atomic mass is 127. The standard InChI is InChI=1S/C6H4INS/c7-5-3-4-1-2-9-6(4)8-5/h1-3,8H. The summed E-state index contributed by atoms with van der Waals surface area (Å²) in [6, 6.07) is 4.27. The molecule has 0 unspecified atom stereocenters. The Kier molecular flexibility index (Phi) is 1.26. The Bertz CT molecular complexity index is 294. The van der Waals surface area contributed by atoms with Crippen LogP contribution < -0.4 is 0 Å². The van der Waals surface area contributed by atoms with Crippen LogP contribution in [-0.4, -0.2) is 4.98 Å². The summed E-state index contributed by atoms with van der Waals surface area (Å²) >= 11 is 4.03. The van der Waals surface area contributed by atoms with Gasteiger partial charge in [0.1, 0.15) is 4.83 Å². The maximum atomic E-state index is 3.24. The molecule has 0 aliphatic heterocycles. The summed E-state index contributed by atoms with van der Waals surface area (Å²) in [7, 11) is 0. The summed E-state index contributed by atoms with van der Waals surface area (Å²) in [6.45, 7) is 0. The van der Waals surface area contributed by atoms with Crippen molar-refractivity contribution in [3.63, 3.8) is 0 Å². The minimum absolute atomic E-state index is 1.22. The summed E-state index contributed by atoms with van der Waals surface area (Å²) in [5.41, 5.74) is 0. The van der Waals surface area contributed by atoms with Gasteiger partial charge >= 0.3 is 0 Å². The first-order valence-corrected chi connectivity index (χ1v) is 4.54. The first kappa shape index (κ1) is 5.73. The normalized spacial score (nSPS) is 10.8. The molecule has 0 aromatic carbocycles. The van der Waals surface area contributed by atoms with Crippen LogP contribution in [-0.2, 0) is 0 Å². The van der Waals surface area contributed by atoms with Crippen LogP contribution in [0.1, 0.15) is 0 Å². The van der Waals surface area contributed by atoms with Gasteiger partial charge in [-0.3, -0.25) is 0 Å². The van der Waals surface area contributed by atoms with E-state index >= 15 is 0 Å². The van der Waals surface area contributed by atoms with Crippen molar-refractivity contribution in [1.29, 1.82) is 0 Å². The molecule has 3 heteroatoms. The molecule has 0 saturated carbocycles. The van der Waals surface area contributed by atoms with E-state index in [1.54, 1.807) is 11.3 Å².